The molecule has 2 aliphatic heterocycles. The van der Waals surface area contributed by atoms with Crippen LogP contribution in [-0.4, -0.2) is 49.1 Å². The van der Waals surface area contributed by atoms with Crippen molar-refractivity contribution in [1.82, 2.24) is 15.4 Å². The number of rotatable bonds is 1. The number of piperazine rings is 1. The lowest BCUT2D eigenvalue weighted by Gasteiger charge is -2.33. The first-order chi connectivity index (χ1) is 5.47. The van der Waals surface area contributed by atoms with Crippen LogP contribution < -0.4 is 5.32 Å². The highest BCUT2D eigenvalue weighted by Crippen LogP contribution is 2.05. The highest BCUT2D eigenvalue weighted by atomic mass is 15.8. The van der Waals surface area contributed by atoms with E-state index in [9.17, 15) is 0 Å². The van der Waals surface area contributed by atoms with Crippen molar-refractivity contribution < 1.29 is 0 Å². The summed E-state index contributed by atoms with van der Waals surface area (Å²) in [6, 6.07) is 0. The molecule has 0 unspecified atom stereocenters. The maximum atomic E-state index is 4.27. The molecule has 4 nitrogen and oxygen atoms in total. The first-order valence-electron chi connectivity index (χ1n) is 4.22. The topological polar surface area (TPSA) is 30.9 Å². The molecule has 2 heterocycles. The molecule has 4 heteroatoms. The quantitative estimate of drug-likeness (QED) is 0.552. The Kier molecular flexibility index (Phi) is 2.05. The molecular formula is C7H14N4. The number of hydrogen-bond acceptors (Lipinski definition) is 4. The summed E-state index contributed by atoms with van der Waals surface area (Å²) < 4.78 is 0. The van der Waals surface area contributed by atoms with E-state index in [4.69, 9.17) is 0 Å². The molecule has 0 aromatic heterocycles. The fourth-order valence-corrected chi connectivity index (χ4v) is 1.48. The van der Waals surface area contributed by atoms with Gasteiger partial charge < -0.3 is 5.32 Å². The van der Waals surface area contributed by atoms with Crippen molar-refractivity contribution >= 4 is 6.21 Å². The van der Waals surface area contributed by atoms with Crippen LogP contribution in [-0.2, 0) is 0 Å². The first-order valence-corrected chi connectivity index (χ1v) is 4.22. The van der Waals surface area contributed by atoms with Crippen LogP contribution in [0.25, 0.3) is 0 Å². The fraction of sp³-hybridized carbons (Fsp3) is 0.857. The van der Waals surface area contributed by atoms with Gasteiger partial charge in [-0.25, -0.2) is 10.1 Å². The molecule has 0 radical (unpaired) electrons. The van der Waals surface area contributed by atoms with Gasteiger partial charge in [0.2, 0.25) is 0 Å². The van der Waals surface area contributed by atoms with Crippen LogP contribution in [0.1, 0.15) is 6.42 Å². The minimum Gasteiger partial charge on any atom is -0.314 e. The molecule has 0 amide bonds. The van der Waals surface area contributed by atoms with Crippen molar-refractivity contribution in [3.8, 4) is 0 Å². The second kappa shape index (κ2) is 3.19. The standard InChI is InChI=1S/C7H14N4/c1-2-9-11(5-1)10-6-3-8-4-7-10/h2,8H,1,3-7H2. The number of hydrazone groups is 1. The molecule has 0 aromatic carbocycles. The van der Waals surface area contributed by atoms with E-state index in [2.05, 4.69) is 20.5 Å². The third-order valence-electron chi connectivity index (χ3n) is 2.09. The van der Waals surface area contributed by atoms with E-state index in [0.29, 0.717) is 0 Å². The second-order valence-corrected chi connectivity index (χ2v) is 2.89. The fourth-order valence-electron chi connectivity index (χ4n) is 1.48. The van der Waals surface area contributed by atoms with Crippen LogP contribution in [0, 0.1) is 0 Å². The molecule has 0 saturated carbocycles. The van der Waals surface area contributed by atoms with E-state index in [-0.39, 0.29) is 0 Å². The van der Waals surface area contributed by atoms with Gasteiger partial charge in [0.05, 0.1) is 6.54 Å². The van der Waals surface area contributed by atoms with Crippen molar-refractivity contribution in [3.63, 3.8) is 0 Å². The summed E-state index contributed by atoms with van der Waals surface area (Å²) in [5.74, 6) is 0. The van der Waals surface area contributed by atoms with Crippen molar-refractivity contribution in [2.45, 2.75) is 6.42 Å². The Balaban J connectivity index is 1.87. The highest BCUT2D eigenvalue weighted by molar-refractivity contribution is 5.58. The summed E-state index contributed by atoms with van der Waals surface area (Å²) in [6.07, 6.45) is 3.09. The van der Waals surface area contributed by atoms with Crippen LogP contribution in [0.2, 0.25) is 0 Å². The van der Waals surface area contributed by atoms with Gasteiger partial charge in [-0.1, -0.05) is 0 Å². The van der Waals surface area contributed by atoms with Crippen LogP contribution in [0.4, 0.5) is 0 Å². The summed E-state index contributed by atoms with van der Waals surface area (Å²) in [6.45, 7) is 5.44. The zero-order valence-electron chi connectivity index (χ0n) is 6.66. The molecule has 0 bridgehead atoms. The zero-order chi connectivity index (χ0) is 7.52. The number of nitrogens with one attached hydrogen (secondary N) is 1. The highest BCUT2D eigenvalue weighted by Gasteiger charge is 2.17. The Hall–Kier alpha value is -0.610. The Morgan fingerprint density at radius 1 is 1.18 bits per heavy atom. The number of nitrogens with zero attached hydrogens (tertiary/aromatic N) is 3. The summed E-state index contributed by atoms with van der Waals surface area (Å²) >= 11 is 0. The monoisotopic (exact) mass is 154 g/mol. The van der Waals surface area contributed by atoms with Crippen LogP contribution >= 0.6 is 0 Å². The van der Waals surface area contributed by atoms with Crippen LogP contribution in [0.3, 0.4) is 0 Å². The van der Waals surface area contributed by atoms with Crippen molar-refractivity contribution in [3.05, 3.63) is 0 Å². The SMILES string of the molecule is C1=NN(N2CCNCC2)CC1. The molecule has 0 spiro atoms. The Bertz CT molecular complexity index is 151. The van der Waals surface area contributed by atoms with E-state index < -0.39 is 0 Å². The molecule has 62 valence electrons. The van der Waals surface area contributed by atoms with E-state index in [1.807, 2.05) is 6.21 Å². The molecule has 2 rings (SSSR count). The van der Waals surface area contributed by atoms with E-state index >= 15 is 0 Å². The lowest BCUT2D eigenvalue weighted by Crippen LogP contribution is -2.49. The van der Waals surface area contributed by atoms with Gasteiger partial charge in [0, 0.05) is 38.8 Å². The normalized spacial score (nSPS) is 26.4. The molecule has 1 fully saturated rings. The molecule has 11 heavy (non-hydrogen) atoms. The maximum absolute atomic E-state index is 4.27. The van der Waals surface area contributed by atoms with E-state index in [1.165, 1.54) is 0 Å². The van der Waals surface area contributed by atoms with Gasteiger partial charge in [0.1, 0.15) is 0 Å². The molecule has 0 atom stereocenters. The van der Waals surface area contributed by atoms with Gasteiger partial charge in [0.15, 0.2) is 0 Å². The summed E-state index contributed by atoms with van der Waals surface area (Å²) in [4.78, 5) is 0. The molecular weight excluding hydrogens is 140 g/mol. The number of hydrazine groups is 1. The predicted octanol–water partition coefficient (Wildman–Crippen LogP) is -0.502. The smallest absolute Gasteiger partial charge is 0.0585 e. The summed E-state index contributed by atoms with van der Waals surface area (Å²) in [7, 11) is 0. The van der Waals surface area contributed by atoms with E-state index in [0.717, 1.165) is 39.1 Å². The average molecular weight is 154 g/mol. The van der Waals surface area contributed by atoms with Gasteiger partial charge in [-0.15, -0.1) is 0 Å². The van der Waals surface area contributed by atoms with Crippen LogP contribution in [0.5, 0.6) is 0 Å². The zero-order valence-corrected chi connectivity index (χ0v) is 6.66. The Labute approximate surface area is 66.8 Å². The Morgan fingerprint density at radius 2 is 2.00 bits per heavy atom. The lowest BCUT2D eigenvalue weighted by atomic mass is 10.4. The van der Waals surface area contributed by atoms with Crippen molar-refractivity contribution in [2.75, 3.05) is 32.7 Å². The molecule has 0 aliphatic carbocycles. The van der Waals surface area contributed by atoms with E-state index in [1.54, 1.807) is 0 Å². The van der Waals surface area contributed by atoms with Crippen molar-refractivity contribution in [2.24, 2.45) is 5.10 Å². The third-order valence-corrected chi connectivity index (χ3v) is 2.09. The molecule has 2 aliphatic rings. The largest absolute Gasteiger partial charge is 0.314 e. The van der Waals surface area contributed by atoms with Gasteiger partial charge in [0.25, 0.3) is 0 Å². The van der Waals surface area contributed by atoms with Crippen molar-refractivity contribution in [1.29, 1.82) is 0 Å². The van der Waals surface area contributed by atoms with Gasteiger partial charge in [-0.05, 0) is 0 Å². The number of hydrogen-bond donors (Lipinski definition) is 1. The van der Waals surface area contributed by atoms with Gasteiger partial charge in [-0.3, -0.25) is 0 Å². The van der Waals surface area contributed by atoms with Gasteiger partial charge >= 0.3 is 0 Å². The molecule has 1 saturated heterocycles. The third kappa shape index (κ3) is 1.52. The molecule has 0 aromatic rings. The maximum Gasteiger partial charge on any atom is 0.0585 e. The summed E-state index contributed by atoms with van der Waals surface area (Å²) in [5, 5.41) is 12.0. The lowest BCUT2D eigenvalue weighted by molar-refractivity contribution is -0.0224. The average Bonchev–Trinajstić information content (AvgIpc) is 2.58. The van der Waals surface area contributed by atoms with Gasteiger partial charge in [-0.2, -0.15) is 5.10 Å². The summed E-state index contributed by atoms with van der Waals surface area (Å²) in [5.41, 5.74) is 0. The minimum atomic E-state index is 1.07. The Morgan fingerprint density at radius 3 is 2.64 bits per heavy atom. The first kappa shape index (κ1) is 7.06. The molecule has 1 N–H and O–H groups in total. The van der Waals surface area contributed by atoms with Crippen LogP contribution in [0.15, 0.2) is 5.10 Å². The minimum absolute atomic E-state index is 1.07. The second-order valence-electron chi connectivity index (χ2n) is 2.89. The predicted molar refractivity (Wildman–Crippen MR) is 44.3 cm³/mol.